The van der Waals surface area contributed by atoms with E-state index in [1.807, 2.05) is 84.9 Å². The Kier molecular flexibility index (Phi) is 4.48. The SMILES string of the molecule is O=C1/C(=C\c2ccccc2)C(c2ccc(Cl)cc2)Sc2ccccc21. The smallest absolute Gasteiger partial charge is 0.191 e. The summed E-state index contributed by atoms with van der Waals surface area (Å²) in [5, 5.41) is 0.657. The number of carbonyl (C=O) groups is 1. The standard InChI is InChI=1S/C22H15ClOS/c23-17-12-10-16(11-13-17)22-19(14-15-6-2-1-3-7-15)21(24)18-8-4-5-9-20(18)25-22/h1-14,22H/b19-14+. The zero-order chi connectivity index (χ0) is 17.2. The molecule has 0 aromatic heterocycles. The molecular weight excluding hydrogens is 348 g/mol. The number of thioether (sulfide) groups is 1. The Morgan fingerprint density at radius 3 is 2.28 bits per heavy atom. The first kappa shape index (κ1) is 16.2. The zero-order valence-electron chi connectivity index (χ0n) is 13.4. The molecule has 1 aliphatic rings. The van der Waals surface area contributed by atoms with Gasteiger partial charge in [-0.05, 0) is 41.5 Å². The van der Waals surface area contributed by atoms with Gasteiger partial charge in [0.15, 0.2) is 5.78 Å². The highest BCUT2D eigenvalue weighted by molar-refractivity contribution is 8.00. The average molecular weight is 363 g/mol. The second-order valence-electron chi connectivity index (χ2n) is 5.89. The van der Waals surface area contributed by atoms with E-state index in [1.165, 1.54) is 0 Å². The second kappa shape index (κ2) is 6.91. The molecule has 1 aliphatic heterocycles. The van der Waals surface area contributed by atoms with Crippen molar-refractivity contribution in [3.8, 4) is 0 Å². The van der Waals surface area contributed by atoms with E-state index >= 15 is 0 Å². The minimum atomic E-state index is -0.0418. The Labute approximate surface area is 156 Å². The largest absolute Gasteiger partial charge is 0.289 e. The lowest BCUT2D eigenvalue weighted by atomic mass is 9.94. The summed E-state index contributed by atoms with van der Waals surface area (Å²) in [5.74, 6) is 0.0955. The lowest BCUT2D eigenvalue weighted by Crippen LogP contribution is -2.16. The summed E-state index contributed by atoms with van der Waals surface area (Å²) >= 11 is 7.75. The normalized spacial score (nSPS) is 18.2. The highest BCUT2D eigenvalue weighted by atomic mass is 35.5. The number of hydrogen-bond donors (Lipinski definition) is 0. The van der Waals surface area contributed by atoms with Crippen molar-refractivity contribution in [2.24, 2.45) is 0 Å². The predicted octanol–water partition coefficient (Wildman–Crippen LogP) is 6.45. The number of benzene rings is 3. The fraction of sp³-hybridized carbons (Fsp3) is 0.0455. The molecule has 0 aliphatic carbocycles. The van der Waals surface area contributed by atoms with Crippen molar-refractivity contribution in [2.75, 3.05) is 0 Å². The van der Waals surface area contributed by atoms with Crippen LogP contribution in [-0.4, -0.2) is 5.78 Å². The summed E-state index contributed by atoms with van der Waals surface area (Å²) < 4.78 is 0. The summed E-state index contributed by atoms with van der Waals surface area (Å²) in [5.41, 5.74) is 3.70. The molecule has 0 saturated carbocycles. The molecule has 1 atom stereocenters. The van der Waals surface area contributed by atoms with E-state index in [0.29, 0.717) is 5.02 Å². The molecule has 1 heterocycles. The molecule has 3 aromatic rings. The highest BCUT2D eigenvalue weighted by Gasteiger charge is 2.31. The van der Waals surface area contributed by atoms with Crippen LogP contribution in [0.2, 0.25) is 5.02 Å². The van der Waals surface area contributed by atoms with Crippen LogP contribution in [0, 0.1) is 0 Å². The van der Waals surface area contributed by atoms with E-state index in [9.17, 15) is 4.79 Å². The van der Waals surface area contributed by atoms with Gasteiger partial charge >= 0.3 is 0 Å². The molecule has 25 heavy (non-hydrogen) atoms. The highest BCUT2D eigenvalue weighted by Crippen LogP contribution is 2.48. The van der Waals surface area contributed by atoms with Crippen molar-refractivity contribution in [1.82, 2.24) is 0 Å². The van der Waals surface area contributed by atoms with Gasteiger partial charge < -0.3 is 0 Å². The molecule has 1 nitrogen and oxygen atoms in total. The van der Waals surface area contributed by atoms with Crippen molar-refractivity contribution in [2.45, 2.75) is 10.1 Å². The summed E-state index contributed by atoms with van der Waals surface area (Å²) in [4.78, 5) is 14.2. The predicted molar refractivity (Wildman–Crippen MR) is 105 cm³/mol. The lowest BCUT2D eigenvalue weighted by Gasteiger charge is -2.26. The summed E-state index contributed by atoms with van der Waals surface area (Å²) in [7, 11) is 0. The van der Waals surface area contributed by atoms with Crippen LogP contribution in [0.15, 0.2) is 89.3 Å². The number of ketones is 1. The molecule has 0 radical (unpaired) electrons. The summed E-state index contributed by atoms with van der Waals surface area (Å²) in [6, 6.07) is 25.5. The number of Topliss-reactive ketones (excluding diaryl/α,β-unsaturated/α-hetero) is 1. The molecule has 0 saturated heterocycles. The van der Waals surface area contributed by atoms with Crippen LogP contribution in [-0.2, 0) is 0 Å². The Hall–Kier alpha value is -2.29. The van der Waals surface area contributed by atoms with Gasteiger partial charge in [-0.15, -0.1) is 11.8 Å². The topological polar surface area (TPSA) is 17.1 Å². The molecule has 0 bridgehead atoms. The van der Waals surface area contributed by atoms with Crippen molar-refractivity contribution in [1.29, 1.82) is 0 Å². The number of rotatable bonds is 2. The molecule has 1 unspecified atom stereocenters. The first-order valence-electron chi connectivity index (χ1n) is 8.05. The molecule has 0 N–H and O–H groups in total. The molecular formula is C22H15ClOS. The maximum Gasteiger partial charge on any atom is 0.191 e. The number of halogens is 1. The molecule has 122 valence electrons. The van der Waals surface area contributed by atoms with Crippen LogP contribution in [0.5, 0.6) is 0 Å². The van der Waals surface area contributed by atoms with Gasteiger partial charge in [0.05, 0.1) is 5.25 Å². The van der Waals surface area contributed by atoms with Crippen molar-refractivity contribution >= 4 is 35.2 Å². The number of carbonyl (C=O) groups excluding carboxylic acids is 1. The van der Waals surface area contributed by atoms with Gasteiger partial charge in [0.1, 0.15) is 0 Å². The van der Waals surface area contributed by atoms with Crippen LogP contribution in [0.1, 0.15) is 26.7 Å². The van der Waals surface area contributed by atoms with Gasteiger partial charge in [-0.3, -0.25) is 4.79 Å². The Balaban J connectivity index is 1.86. The lowest BCUT2D eigenvalue weighted by molar-refractivity contribution is 0.102. The van der Waals surface area contributed by atoms with Crippen molar-refractivity contribution in [3.05, 3.63) is 106 Å². The fourth-order valence-corrected chi connectivity index (χ4v) is 4.40. The average Bonchev–Trinajstić information content (AvgIpc) is 2.65. The second-order valence-corrected chi connectivity index (χ2v) is 7.47. The van der Waals surface area contributed by atoms with Crippen molar-refractivity contribution in [3.63, 3.8) is 0 Å². The van der Waals surface area contributed by atoms with Gasteiger partial charge in [0.2, 0.25) is 0 Å². The van der Waals surface area contributed by atoms with E-state index in [0.717, 1.165) is 27.2 Å². The molecule has 0 fully saturated rings. The third-order valence-corrected chi connectivity index (χ3v) is 5.84. The third-order valence-electron chi connectivity index (χ3n) is 4.22. The van der Waals surface area contributed by atoms with E-state index < -0.39 is 0 Å². The van der Waals surface area contributed by atoms with Gasteiger partial charge in [-0.2, -0.15) is 0 Å². The van der Waals surface area contributed by atoms with Crippen LogP contribution in [0.25, 0.3) is 6.08 Å². The maximum absolute atomic E-state index is 13.2. The van der Waals surface area contributed by atoms with E-state index in [1.54, 1.807) is 11.8 Å². The Bertz CT molecular complexity index is 945. The first-order valence-corrected chi connectivity index (χ1v) is 9.30. The molecule has 3 aromatic carbocycles. The molecule has 3 heteroatoms. The fourth-order valence-electron chi connectivity index (χ4n) is 2.98. The maximum atomic E-state index is 13.2. The van der Waals surface area contributed by atoms with E-state index in [-0.39, 0.29) is 11.0 Å². The van der Waals surface area contributed by atoms with Gasteiger partial charge in [0, 0.05) is 21.1 Å². The summed E-state index contributed by atoms with van der Waals surface area (Å²) in [6.45, 7) is 0. The van der Waals surface area contributed by atoms with Crippen LogP contribution < -0.4 is 0 Å². The third kappa shape index (κ3) is 3.28. The Morgan fingerprint density at radius 2 is 1.52 bits per heavy atom. The van der Waals surface area contributed by atoms with Gasteiger partial charge in [-0.25, -0.2) is 0 Å². The molecule has 0 amide bonds. The Morgan fingerprint density at radius 1 is 0.840 bits per heavy atom. The number of fused-ring (bicyclic) bond motifs is 1. The minimum absolute atomic E-state index is 0.0418. The summed E-state index contributed by atoms with van der Waals surface area (Å²) in [6.07, 6.45) is 2.00. The van der Waals surface area contributed by atoms with Gasteiger partial charge in [-0.1, -0.05) is 66.2 Å². The number of hydrogen-bond acceptors (Lipinski definition) is 2. The van der Waals surface area contributed by atoms with E-state index in [4.69, 9.17) is 11.6 Å². The molecule has 0 spiro atoms. The van der Waals surface area contributed by atoms with Crippen LogP contribution in [0.4, 0.5) is 0 Å². The first-order chi connectivity index (χ1) is 12.2. The van der Waals surface area contributed by atoms with E-state index in [2.05, 4.69) is 0 Å². The quantitative estimate of drug-likeness (QED) is 0.487. The zero-order valence-corrected chi connectivity index (χ0v) is 14.9. The van der Waals surface area contributed by atoms with Crippen molar-refractivity contribution < 1.29 is 4.79 Å². The minimum Gasteiger partial charge on any atom is -0.289 e. The monoisotopic (exact) mass is 362 g/mol. The molecule has 4 rings (SSSR count). The van der Waals surface area contributed by atoms with Crippen LogP contribution in [0.3, 0.4) is 0 Å². The van der Waals surface area contributed by atoms with Gasteiger partial charge in [0.25, 0.3) is 0 Å². The van der Waals surface area contributed by atoms with Crippen LogP contribution >= 0.6 is 23.4 Å².